The van der Waals surface area contributed by atoms with Crippen LogP contribution in [0, 0.1) is 0 Å². The van der Waals surface area contributed by atoms with E-state index in [1.165, 1.54) is 11.3 Å². The first-order valence-corrected chi connectivity index (χ1v) is 13.5. The molecule has 1 amide bonds. The normalized spacial score (nSPS) is 15.6. The first-order chi connectivity index (χ1) is 18.0. The Labute approximate surface area is 224 Å². The molecule has 0 bridgehead atoms. The van der Waals surface area contributed by atoms with E-state index in [0.717, 1.165) is 35.0 Å². The van der Waals surface area contributed by atoms with Crippen molar-refractivity contribution in [3.05, 3.63) is 75.8 Å². The highest BCUT2D eigenvalue weighted by atomic mass is 35.5. The van der Waals surface area contributed by atoms with Gasteiger partial charge in [0, 0.05) is 52.2 Å². The van der Waals surface area contributed by atoms with E-state index in [1.54, 1.807) is 7.05 Å². The number of nitrogens with one attached hydrogen (secondary N) is 2. The average Bonchev–Trinajstić information content (AvgIpc) is 3.50. The van der Waals surface area contributed by atoms with Crippen molar-refractivity contribution >= 4 is 56.5 Å². The number of halogens is 1. The van der Waals surface area contributed by atoms with Crippen LogP contribution in [0.1, 0.15) is 39.3 Å². The molecule has 3 heterocycles. The van der Waals surface area contributed by atoms with Gasteiger partial charge in [-0.25, -0.2) is 0 Å². The Balaban J connectivity index is 1.46. The second-order valence-electron chi connectivity index (χ2n) is 9.14. The molecule has 2 aromatic carbocycles. The van der Waals surface area contributed by atoms with Gasteiger partial charge in [-0.3, -0.25) is 14.2 Å². The van der Waals surface area contributed by atoms with Crippen LogP contribution in [0.5, 0.6) is 0 Å². The summed E-state index contributed by atoms with van der Waals surface area (Å²) >= 11 is 8.01. The highest BCUT2D eigenvalue weighted by Gasteiger charge is 2.29. The van der Waals surface area contributed by atoms with Crippen molar-refractivity contribution < 1.29 is 9.59 Å². The summed E-state index contributed by atoms with van der Waals surface area (Å²) < 4.78 is 2.90. The van der Waals surface area contributed by atoms with E-state index >= 15 is 0 Å². The van der Waals surface area contributed by atoms with Gasteiger partial charge >= 0.3 is 0 Å². The van der Waals surface area contributed by atoms with Crippen LogP contribution in [0.3, 0.4) is 0 Å². The molecule has 0 saturated carbocycles. The molecule has 8 nitrogen and oxygen atoms in total. The van der Waals surface area contributed by atoms with Crippen LogP contribution in [0.4, 0.5) is 11.8 Å². The Kier molecular flexibility index (Phi) is 7.45. The number of thiophene rings is 1. The number of amides is 1. The number of Topliss-reactive ketones (excluding diaryl/α,β-unsaturated/α-hetero) is 1. The molecule has 1 aliphatic rings. The summed E-state index contributed by atoms with van der Waals surface area (Å²) in [4.78, 5) is 33.5. The molecule has 1 saturated heterocycles. The van der Waals surface area contributed by atoms with Gasteiger partial charge < -0.3 is 21.3 Å². The number of hydrogen-bond donors (Lipinski definition) is 3. The Bertz CT molecular complexity index is 1450. The Morgan fingerprint density at radius 1 is 1.19 bits per heavy atom. The minimum Gasteiger partial charge on any atom is -0.371 e. The highest BCUT2D eigenvalue weighted by molar-refractivity contribution is 7.17. The van der Waals surface area contributed by atoms with Crippen molar-refractivity contribution in [2.75, 3.05) is 36.9 Å². The number of piperidine rings is 1. The number of imidazole rings is 1. The van der Waals surface area contributed by atoms with E-state index in [-0.39, 0.29) is 24.3 Å². The second-order valence-corrected chi connectivity index (χ2v) is 10.5. The molecule has 1 atom stereocenters. The maximum absolute atomic E-state index is 13.6. The van der Waals surface area contributed by atoms with Gasteiger partial charge in [0.05, 0.1) is 13.1 Å². The fourth-order valence-electron chi connectivity index (χ4n) is 4.76. The molecule has 1 aliphatic heterocycles. The number of hydrogen-bond acceptors (Lipinski definition) is 7. The molecule has 1 fully saturated rings. The number of rotatable bonds is 8. The molecule has 10 heteroatoms. The maximum atomic E-state index is 13.6. The van der Waals surface area contributed by atoms with Gasteiger partial charge in [0.1, 0.15) is 0 Å². The van der Waals surface area contributed by atoms with Crippen molar-refractivity contribution in [2.24, 2.45) is 5.73 Å². The van der Waals surface area contributed by atoms with Crippen molar-refractivity contribution in [1.82, 2.24) is 14.9 Å². The fourth-order valence-corrected chi connectivity index (χ4v) is 5.92. The Morgan fingerprint density at radius 2 is 1.97 bits per heavy atom. The van der Waals surface area contributed by atoms with Gasteiger partial charge in [-0.15, -0.1) is 11.3 Å². The first kappa shape index (κ1) is 25.3. The summed E-state index contributed by atoms with van der Waals surface area (Å²) in [5.74, 6) is 0.562. The molecule has 1 unspecified atom stereocenters. The van der Waals surface area contributed by atoms with Gasteiger partial charge in [-0.05, 0) is 30.5 Å². The average molecular weight is 537 g/mol. The number of carbonyl (C=O) groups excluding carboxylic acids is 2. The van der Waals surface area contributed by atoms with E-state index < -0.39 is 0 Å². The molecule has 0 radical (unpaired) electrons. The van der Waals surface area contributed by atoms with Crippen LogP contribution in [-0.4, -0.2) is 54.0 Å². The number of fused-ring (bicyclic) bond motifs is 1. The molecule has 4 N–H and O–H groups in total. The van der Waals surface area contributed by atoms with Crippen molar-refractivity contribution in [2.45, 2.75) is 25.4 Å². The van der Waals surface area contributed by atoms with Crippen LogP contribution in [0.25, 0.3) is 10.1 Å². The van der Waals surface area contributed by atoms with E-state index in [2.05, 4.69) is 15.5 Å². The fraction of sp³-hybridized carbons (Fsp3) is 0.296. The van der Waals surface area contributed by atoms with Gasteiger partial charge in [0.2, 0.25) is 5.95 Å². The monoisotopic (exact) mass is 536 g/mol. The lowest BCUT2D eigenvalue weighted by molar-refractivity contribution is 0.0899. The summed E-state index contributed by atoms with van der Waals surface area (Å²) in [7, 11) is 1.73. The van der Waals surface area contributed by atoms with Crippen molar-refractivity contribution in [3.63, 3.8) is 0 Å². The number of nitrogens with zero attached hydrogens (tertiary/aromatic N) is 3. The van der Waals surface area contributed by atoms with Gasteiger partial charge in [-0.1, -0.05) is 48.0 Å². The number of nitrogens with two attached hydrogens (primary N) is 1. The quantitative estimate of drug-likeness (QED) is 0.289. The minimum absolute atomic E-state index is 0.0348. The van der Waals surface area contributed by atoms with E-state index in [1.807, 2.05) is 58.5 Å². The highest BCUT2D eigenvalue weighted by Crippen LogP contribution is 2.29. The first-order valence-electron chi connectivity index (χ1n) is 12.3. The third-order valence-corrected chi connectivity index (χ3v) is 7.95. The topological polar surface area (TPSA) is 105 Å². The smallest absolute Gasteiger partial charge is 0.272 e. The van der Waals surface area contributed by atoms with Crippen LogP contribution in [0.15, 0.2) is 53.9 Å². The van der Waals surface area contributed by atoms with Crippen molar-refractivity contribution in [3.8, 4) is 0 Å². The number of anilines is 2. The molecular weight excluding hydrogens is 508 g/mol. The van der Waals surface area contributed by atoms with E-state index in [4.69, 9.17) is 22.3 Å². The lowest BCUT2D eigenvalue weighted by Crippen LogP contribution is -2.44. The SMILES string of the molecule is CNc1nc(N2CCCC(N)C2)n(Cc2ccccc2Cl)c1C(=O)NCC(=O)c1csc2ccccc12. The van der Waals surface area contributed by atoms with Gasteiger partial charge in [0.15, 0.2) is 17.3 Å². The second kappa shape index (κ2) is 10.9. The predicted octanol–water partition coefficient (Wildman–Crippen LogP) is 4.38. The van der Waals surface area contributed by atoms with Crippen LogP contribution in [0.2, 0.25) is 5.02 Å². The molecule has 37 heavy (non-hydrogen) atoms. The third kappa shape index (κ3) is 5.20. The molecule has 0 aliphatic carbocycles. The van der Waals surface area contributed by atoms with Gasteiger partial charge in [-0.2, -0.15) is 4.98 Å². The summed E-state index contributed by atoms with van der Waals surface area (Å²) in [5.41, 5.74) is 8.08. The molecular formula is C27H29ClN6O2S. The molecule has 192 valence electrons. The van der Waals surface area contributed by atoms with Crippen LogP contribution >= 0.6 is 22.9 Å². The largest absolute Gasteiger partial charge is 0.371 e. The summed E-state index contributed by atoms with van der Waals surface area (Å²) in [6.45, 7) is 1.67. The summed E-state index contributed by atoms with van der Waals surface area (Å²) in [6, 6.07) is 15.3. The number of aromatic nitrogens is 2. The standard InChI is InChI=1S/C27H29ClN6O2S/c1-30-25-24(26(36)31-13-22(35)20-16-37-23-11-5-3-9-19(20)23)34(14-17-7-2-4-10-21(17)28)27(32-25)33-12-6-8-18(29)15-33/h2-5,7,9-11,16,18,30H,6,8,12-15,29H2,1H3,(H,31,36). The van der Waals surface area contributed by atoms with E-state index in [9.17, 15) is 9.59 Å². The maximum Gasteiger partial charge on any atom is 0.272 e. The Morgan fingerprint density at radius 3 is 2.76 bits per heavy atom. The van der Waals surface area contributed by atoms with Gasteiger partial charge in [0.25, 0.3) is 5.91 Å². The van der Waals surface area contributed by atoms with Crippen LogP contribution < -0.4 is 21.3 Å². The number of ketones is 1. The minimum atomic E-state index is -0.385. The molecule has 5 rings (SSSR count). The lowest BCUT2D eigenvalue weighted by Gasteiger charge is -2.32. The zero-order valence-corrected chi connectivity index (χ0v) is 22.1. The van der Waals surface area contributed by atoms with Crippen molar-refractivity contribution in [1.29, 1.82) is 0 Å². The molecule has 2 aromatic heterocycles. The molecule has 0 spiro atoms. The summed E-state index contributed by atoms with van der Waals surface area (Å²) in [6.07, 6.45) is 1.90. The third-order valence-electron chi connectivity index (χ3n) is 6.62. The van der Waals surface area contributed by atoms with E-state index in [0.29, 0.717) is 41.1 Å². The zero-order valence-electron chi connectivity index (χ0n) is 20.5. The van der Waals surface area contributed by atoms with Crippen LogP contribution in [-0.2, 0) is 6.54 Å². The lowest BCUT2D eigenvalue weighted by atomic mass is 10.1. The number of benzene rings is 2. The molecule has 4 aromatic rings. The zero-order chi connectivity index (χ0) is 25.9. The number of carbonyl (C=O) groups is 2. The summed E-state index contributed by atoms with van der Waals surface area (Å²) in [5, 5.41) is 9.24. The predicted molar refractivity (Wildman–Crippen MR) is 150 cm³/mol. The Hall–Kier alpha value is -3.40.